The molecule has 5 saturated heterocycles. The van der Waals surface area contributed by atoms with Crippen molar-refractivity contribution in [2.24, 2.45) is 11.8 Å². The molecule has 14 atom stereocenters. The van der Waals surface area contributed by atoms with Gasteiger partial charge in [-0.2, -0.15) is 0 Å². The summed E-state index contributed by atoms with van der Waals surface area (Å²) >= 11 is 0. The molecule has 0 aromatic heterocycles. The lowest BCUT2D eigenvalue weighted by molar-refractivity contribution is -0.212. The third-order valence-corrected chi connectivity index (χ3v) is 19.2. The SMILES string of the molecule is O=C1N2C3CCCCC3N3C4CCCCC4B(c4ccccc4)C4CC5CC6B(c7ccccc7)C7CCCCC7N7C8CCCCC8N1C(C5C2C43)C67. The zero-order chi connectivity index (χ0) is 35.2. The van der Waals surface area contributed by atoms with Crippen molar-refractivity contribution in [3.8, 4) is 0 Å². The van der Waals surface area contributed by atoms with Crippen LogP contribution in [-0.2, 0) is 0 Å². The van der Waals surface area contributed by atoms with E-state index in [2.05, 4.69) is 80.3 Å². The zero-order valence-corrected chi connectivity index (χ0v) is 32.6. The molecule has 2 aromatic carbocycles. The van der Waals surface area contributed by atoms with Gasteiger partial charge in [0.1, 0.15) is 0 Å². The van der Waals surface area contributed by atoms with E-state index in [9.17, 15) is 0 Å². The third kappa shape index (κ3) is 4.31. The number of carbonyl (C=O) groups excluding carboxylic acids is 1. The summed E-state index contributed by atoms with van der Waals surface area (Å²) in [4.78, 5) is 28.2. The first-order valence-corrected chi connectivity index (χ1v) is 23.5. The van der Waals surface area contributed by atoms with Crippen LogP contribution in [0.15, 0.2) is 60.7 Å². The van der Waals surface area contributed by atoms with E-state index in [4.69, 9.17) is 0 Å². The minimum absolute atomic E-state index is 0.401. The summed E-state index contributed by atoms with van der Waals surface area (Å²) in [6, 6.07) is 29.7. The fourth-order valence-corrected chi connectivity index (χ4v) is 18.2. The molecule has 13 rings (SSSR count). The lowest BCUT2D eigenvalue weighted by atomic mass is 9.21. The van der Waals surface area contributed by atoms with Gasteiger partial charge in [0.15, 0.2) is 13.4 Å². The van der Waals surface area contributed by atoms with Gasteiger partial charge in [-0.05, 0) is 67.7 Å². The predicted molar refractivity (Wildman–Crippen MR) is 219 cm³/mol. The molecule has 0 N–H and O–H groups in total. The number of piperazine rings is 2. The molecular formula is C47H62B2N4O. The van der Waals surface area contributed by atoms with E-state index < -0.39 is 0 Å². The van der Waals surface area contributed by atoms with Crippen LogP contribution >= 0.6 is 0 Å². The molecule has 0 spiro atoms. The lowest BCUT2D eigenvalue weighted by Gasteiger charge is -2.78. The van der Waals surface area contributed by atoms with E-state index in [-0.39, 0.29) is 0 Å². The summed E-state index contributed by atoms with van der Waals surface area (Å²) in [5.74, 6) is 4.17. The average Bonchev–Trinajstić information content (AvgIpc) is 3.23. The van der Waals surface area contributed by atoms with Crippen LogP contribution < -0.4 is 10.9 Å². The highest BCUT2D eigenvalue weighted by atomic mass is 16.2. The van der Waals surface area contributed by atoms with Gasteiger partial charge in [-0.3, -0.25) is 9.80 Å². The normalized spacial score (nSPS) is 47.5. The van der Waals surface area contributed by atoms with Crippen molar-refractivity contribution >= 4 is 30.4 Å². The van der Waals surface area contributed by atoms with Gasteiger partial charge in [0.2, 0.25) is 0 Å². The van der Waals surface area contributed by atoms with Gasteiger partial charge in [0.05, 0.1) is 12.1 Å². The lowest BCUT2D eigenvalue weighted by Crippen LogP contribution is -2.89. The van der Waals surface area contributed by atoms with Gasteiger partial charge < -0.3 is 9.80 Å². The molecule has 5 nitrogen and oxygen atoms in total. The highest BCUT2D eigenvalue weighted by Crippen LogP contribution is 2.67. The Kier molecular flexibility index (Phi) is 7.52. The highest BCUT2D eigenvalue weighted by Gasteiger charge is 2.74. The molecule has 5 heterocycles. The molecule has 0 radical (unpaired) electrons. The van der Waals surface area contributed by atoms with Crippen LogP contribution in [0.2, 0.25) is 23.3 Å². The Morgan fingerprint density at radius 2 is 0.815 bits per heavy atom. The predicted octanol–water partition coefficient (Wildman–Crippen LogP) is 7.69. The van der Waals surface area contributed by atoms with Crippen molar-refractivity contribution in [2.75, 3.05) is 0 Å². The summed E-state index contributed by atoms with van der Waals surface area (Å²) in [6.45, 7) is 1.27. The Labute approximate surface area is 325 Å². The average molecular weight is 721 g/mol. The molecule has 54 heavy (non-hydrogen) atoms. The highest BCUT2D eigenvalue weighted by molar-refractivity contribution is 6.77. The second-order valence-electron chi connectivity index (χ2n) is 20.8. The fraction of sp³-hybridized carbons (Fsp3) is 0.723. The molecule has 6 aliphatic carbocycles. The Balaban J connectivity index is 1.02. The first-order chi connectivity index (χ1) is 26.8. The molecule has 7 heteroatoms. The maximum Gasteiger partial charge on any atom is 0.321 e. The van der Waals surface area contributed by atoms with Gasteiger partial charge >= 0.3 is 6.03 Å². The van der Waals surface area contributed by atoms with Gasteiger partial charge in [-0.25, -0.2) is 4.79 Å². The van der Waals surface area contributed by atoms with Crippen molar-refractivity contribution in [3.05, 3.63) is 60.7 Å². The first-order valence-electron chi connectivity index (χ1n) is 23.5. The van der Waals surface area contributed by atoms with Gasteiger partial charge in [0, 0.05) is 54.3 Å². The quantitative estimate of drug-likeness (QED) is 0.299. The monoisotopic (exact) mass is 721 g/mol. The van der Waals surface area contributed by atoms with E-state index in [1.807, 2.05) is 0 Å². The minimum atomic E-state index is 0.401. The van der Waals surface area contributed by atoms with Crippen molar-refractivity contribution in [1.29, 1.82) is 0 Å². The number of hydrogen-bond donors (Lipinski definition) is 0. The van der Waals surface area contributed by atoms with Crippen LogP contribution in [0.1, 0.15) is 116 Å². The number of benzene rings is 2. The molecule has 2 amide bonds. The van der Waals surface area contributed by atoms with E-state index in [0.29, 0.717) is 103 Å². The second-order valence-corrected chi connectivity index (χ2v) is 20.8. The smallest absolute Gasteiger partial charge is 0.315 e. The van der Waals surface area contributed by atoms with Crippen LogP contribution in [-0.4, -0.2) is 99.5 Å². The maximum atomic E-state index is 16.1. The number of nitrogens with zero attached hydrogens (tertiary/aromatic N) is 4. The molecule has 14 unspecified atom stereocenters. The zero-order valence-electron chi connectivity index (χ0n) is 32.6. The number of carbonyl (C=O) groups is 1. The van der Waals surface area contributed by atoms with Crippen LogP contribution in [0.3, 0.4) is 0 Å². The third-order valence-electron chi connectivity index (χ3n) is 19.2. The fourth-order valence-electron chi connectivity index (χ4n) is 18.2. The maximum absolute atomic E-state index is 16.1. The van der Waals surface area contributed by atoms with Crippen LogP contribution in [0.25, 0.3) is 0 Å². The standard InChI is InChI=1S/C47H62B2N4O/c54-47-52-40-25-13-11-23-38(40)50-36-21-9-7-19-32(36)48(30-15-3-1-4-16-30)34-27-29-28-35-44-46(42(29)45(52)43(34)50)53(47)41-26-14-12-24-39(41)51(44)37-22-10-8-20-33(37)49(35)31-17-5-2-6-18-31/h1-6,15-18,29,32-46H,7-14,19-28H2. The molecule has 282 valence electrons. The molecule has 6 saturated carbocycles. The second kappa shape index (κ2) is 12.4. The topological polar surface area (TPSA) is 30.0 Å². The molecule has 11 aliphatic rings. The molecule has 2 aromatic rings. The van der Waals surface area contributed by atoms with E-state index in [1.54, 1.807) is 10.9 Å². The van der Waals surface area contributed by atoms with Crippen LogP contribution in [0.4, 0.5) is 4.79 Å². The Hall–Kier alpha value is -2.24. The molecule has 5 aliphatic heterocycles. The summed E-state index contributed by atoms with van der Waals surface area (Å²) in [7, 11) is 0. The summed E-state index contributed by atoms with van der Waals surface area (Å²) < 4.78 is 0. The summed E-state index contributed by atoms with van der Waals surface area (Å²) in [5, 5.41) is 0. The Bertz CT molecular complexity index is 1640. The molecular weight excluding hydrogens is 658 g/mol. The number of rotatable bonds is 2. The van der Waals surface area contributed by atoms with Crippen molar-refractivity contribution in [2.45, 2.75) is 199 Å². The number of amides is 2. The van der Waals surface area contributed by atoms with Crippen LogP contribution in [0, 0.1) is 11.8 Å². The first kappa shape index (κ1) is 32.8. The van der Waals surface area contributed by atoms with Crippen molar-refractivity contribution in [1.82, 2.24) is 19.6 Å². The van der Waals surface area contributed by atoms with Crippen LogP contribution in [0.5, 0.6) is 0 Å². The number of fused-ring (bicyclic) bond motifs is 10. The van der Waals surface area contributed by atoms with Gasteiger partial charge in [-0.15, -0.1) is 0 Å². The van der Waals surface area contributed by atoms with E-state index in [0.717, 1.165) is 11.6 Å². The Morgan fingerprint density at radius 1 is 0.426 bits per heavy atom. The molecule has 0 bridgehead atoms. The summed E-state index contributed by atoms with van der Waals surface area (Å²) in [5.41, 5.74) is 3.26. The molecule has 11 fully saturated rings. The largest absolute Gasteiger partial charge is 0.321 e. The summed E-state index contributed by atoms with van der Waals surface area (Å²) in [6.07, 6.45) is 24.4. The van der Waals surface area contributed by atoms with Crippen molar-refractivity contribution in [3.63, 3.8) is 0 Å². The minimum Gasteiger partial charge on any atom is -0.315 e. The van der Waals surface area contributed by atoms with Crippen molar-refractivity contribution < 1.29 is 4.79 Å². The number of hydrogen-bond acceptors (Lipinski definition) is 3. The number of urea groups is 1. The van der Waals surface area contributed by atoms with E-state index in [1.165, 1.54) is 116 Å². The van der Waals surface area contributed by atoms with Gasteiger partial charge in [0.25, 0.3) is 0 Å². The van der Waals surface area contributed by atoms with Gasteiger partial charge in [-0.1, -0.05) is 149 Å². The van der Waals surface area contributed by atoms with E-state index >= 15 is 4.79 Å². The Morgan fingerprint density at radius 3 is 1.26 bits per heavy atom.